The van der Waals surface area contributed by atoms with Crippen molar-refractivity contribution in [2.75, 3.05) is 19.8 Å². The zero-order valence-corrected chi connectivity index (χ0v) is 19.2. The van der Waals surface area contributed by atoms with E-state index in [0.29, 0.717) is 55.4 Å². The van der Waals surface area contributed by atoms with Crippen molar-refractivity contribution >= 4 is 29.1 Å². The number of aryl methyl sites for hydroxylation is 1. The van der Waals surface area contributed by atoms with Gasteiger partial charge in [0.25, 0.3) is 5.91 Å². The summed E-state index contributed by atoms with van der Waals surface area (Å²) in [5.74, 6) is -0.598. The highest BCUT2D eigenvalue weighted by Crippen LogP contribution is 2.35. The molecule has 2 heterocycles. The zero-order valence-electron chi connectivity index (χ0n) is 17.7. The highest BCUT2D eigenvalue weighted by atomic mass is 35.5. The van der Waals surface area contributed by atoms with Gasteiger partial charge in [0.2, 0.25) is 0 Å². The summed E-state index contributed by atoms with van der Waals surface area (Å²) in [6, 6.07) is 14.0. The fourth-order valence-electron chi connectivity index (χ4n) is 4.19. The van der Waals surface area contributed by atoms with Gasteiger partial charge in [0.15, 0.2) is 0 Å². The second-order valence-electron chi connectivity index (χ2n) is 8.09. The van der Waals surface area contributed by atoms with Gasteiger partial charge in [0.1, 0.15) is 11.0 Å². The van der Waals surface area contributed by atoms with E-state index in [9.17, 15) is 9.18 Å². The summed E-state index contributed by atoms with van der Waals surface area (Å²) in [6.45, 7) is 3.58. The molecule has 4 rings (SSSR count). The van der Waals surface area contributed by atoms with E-state index in [1.54, 1.807) is 23.7 Å². The van der Waals surface area contributed by atoms with Crippen LogP contribution < -0.4 is 5.32 Å². The molecule has 1 aliphatic heterocycles. The van der Waals surface area contributed by atoms with E-state index in [0.717, 1.165) is 11.1 Å². The minimum atomic E-state index is -0.399. The predicted molar refractivity (Wildman–Crippen MR) is 123 cm³/mol. The second kappa shape index (κ2) is 9.61. The zero-order chi connectivity index (χ0) is 22.7. The molecule has 0 radical (unpaired) electrons. The van der Waals surface area contributed by atoms with Crippen molar-refractivity contribution < 1.29 is 13.9 Å². The van der Waals surface area contributed by atoms with Gasteiger partial charge < -0.3 is 10.1 Å². The van der Waals surface area contributed by atoms with Crippen molar-refractivity contribution in [3.63, 3.8) is 0 Å². The number of hydrogen-bond acceptors (Lipinski definition) is 3. The summed E-state index contributed by atoms with van der Waals surface area (Å²) in [5.41, 5.74) is 2.19. The van der Waals surface area contributed by atoms with Crippen molar-refractivity contribution in [2.24, 2.45) is 0 Å². The Labute approximate surface area is 196 Å². The number of ether oxygens (including phenoxy) is 1. The number of halogens is 3. The molecule has 0 spiro atoms. The van der Waals surface area contributed by atoms with Crippen molar-refractivity contribution in [3.8, 4) is 0 Å². The van der Waals surface area contributed by atoms with Crippen LogP contribution in [0.25, 0.3) is 0 Å². The molecule has 1 aromatic heterocycles. The third-order valence-electron chi connectivity index (χ3n) is 6.04. The molecule has 0 unspecified atom stereocenters. The minimum Gasteiger partial charge on any atom is -0.381 e. The molecule has 168 valence electrons. The summed E-state index contributed by atoms with van der Waals surface area (Å²) in [7, 11) is 0. The Balaban J connectivity index is 1.54. The van der Waals surface area contributed by atoms with Crippen LogP contribution in [-0.2, 0) is 16.7 Å². The van der Waals surface area contributed by atoms with E-state index < -0.39 is 5.41 Å². The Morgan fingerprint density at radius 3 is 2.66 bits per heavy atom. The van der Waals surface area contributed by atoms with Gasteiger partial charge in [-0.3, -0.25) is 4.79 Å². The Kier molecular flexibility index (Phi) is 6.84. The number of nitrogens with one attached hydrogen (secondary N) is 1. The first-order chi connectivity index (χ1) is 15.4. The highest BCUT2D eigenvalue weighted by Gasteiger charge is 2.35. The smallest absolute Gasteiger partial charge is 0.256 e. The van der Waals surface area contributed by atoms with Gasteiger partial charge in [-0.05, 0) is 49.1 Å². The second-order valence-corrected chi connectivity index (χ2v) is 8.85. The maximum atomic E-state index is 13.9. The summed E-state index contributed by atoms with van der Waals surface area (Å²) in [5, 5.41) is 8.33. The SMILES string of the molecule is Cc1nn(Cc2ccccc2Cl)c(Cl)c1C(=O)NCC1(c2cccc(F)c2)CCOCC1. The largest absolute Gasteiger partial charge is 0.381 e. The molecule has 1 amide bonds. The van der Waals surface area contributed by atoms with Gasteiger partial charge in [-0.25, -0.2) is 9.07 Å². The van der Waals surface area contributed by atoms with E-state index in [1.807, 2.05) is 24.3 Å². The Morgan fingerprint density at radius 2 is 1.94 bits per heavy atom. The quantitative estimate of drug-likeness (QED) is 0.535. The fourth-order valence-corrected chi connectivity index (χ4v) is 4.71. The first kappa shape index (κ1) is 22.8. The van der Waals surface area contributed by atoms with Gasteiger partial charge in [0.05, 0.1) is 17.8 Å². The van der Waals surface area contributed by atoms with Crippen LogP contribution in [0, 0.1) is 12.7 Å². The lowest BCUT2D eigenvalue weighted by Crippen LogP contribution is -2.44. The third kappa shape index (κ3) is 4.68. The molecule has 1 saturated heterocycles. The standard InChI is InChI=1S/C24H24Cl2FN3O2/c1-16-21(22(26)30(29-16)14-17-5-2-3-8-20(17)25)23(31)28-15-24(9-11-32-12-10-24)18-6-4-7-19(27)13-18/h2-8,13H,9-12,14-15H2,1H3,(H,28,31). The molecule has 3 aromatic rings. The maximum Gasteiger partial charge on any atom is 0.256 e. The van der Waals surface area contributed by atoms with Gasteiger partial charge in [-0.1, -0.05) is 53.5 Å². The molecule has 0 aliphatic carbocycles. The summed E-state index contributed by atoms with van der Waals surface area (Å²) in [4.78, 5) is 13.1. The van der Waals surface area contributed by atoms with Crippen LogP contribution in [0.5, 0.6) is 0 Å². The van der Waals surface area contributed by atoms with Gasteiger partial charge in [0, 0.05) is 30.2 Å². The number of amides is 1. The van der Waals surface area contributed by atoms with Crippen LogP contribution in [0.3, 0.4) is 0 Å². The predicted octanol–water partition coefficient (Wildman–Crippen LogP) is 5.16. The Morgan fingerprint density at radius 1 is 1.19 bits per heavy atom. The molecule has 1 N–H and O–H groups in total. The molecule has 8 heteroatoms. The van der Waals surface area contributed by atoms with Gasteiger partial charge >= 0.3 is 0 Å². The minimum absolute atomic E-state index is 0.256. The average Bonchev–Trinajstić information content (AvgIpc) is 3.07. The summed E-state index contributed by atoms with van der Waals surface area (Å²) < 4.78 is 21.0. The van der Waals surface area contributed by atoms with Crippen LogP contribution in [0.15, 0.2) is 48.5 Å². The fraction of sp³-hybridized carbons (Fsp3) is 0.333. The van der Waals surface area contributed by atoms with Crippen LogP contribution >= 0.6 is 23.2 Å². The molecule has 5 nitrogen and oxygen atoms in total. The monoisotopic (exact) mass is 475 g/mol. The Hall–Kier alpha value is -2.41. The lowest BCUT2D eigenvalue weighted by Gasteiger charge is -2.38. The normalized spacial score (nSPS) is 15.5. The summed E-state index contributed by atoms with van der Waals surface area (Å²) in [6.07, 6.45) is 1.38. The van der Waals surface area contributed by atoms with Crippen molar-refractivity contribution in [2.45, 2.75) is 31.7 Å². The molecule has 32 heavy (non-hydrogen) atoms. The van der Waals surface area contributed by atoms with Crippen LogP contribution in [0.4, 0.5) is 4.39 Å². The number of nitrogens with zero attached hydrogens (tertiary/aromatic N) is 2. The molecule has 0 saturated carbocycles. The van der Waals surface area contributed by atoms with Gasteiger partial charge in [-0.2, -0.15) is 5.10 Å². The number of rotatable bonds is 6. The van der Waals surface area contributed by atoms with E-state index in [-0.39, 0.29) is 16.9 Å². The van der Waals surface area contributed by atoms with Crippen molar-refractivity contribution in [3.05, 3.63) is 86.9 Å². The number of carbonyl (C=O) groups excluding carboxylic acids is 1. The lowest BCUT2D eigenvalue weighted by molar-refractivity contribution is 0.0486. The van der Waals surface area contributed by atoms with E-state index in [2.05, 4.69) is 10.4 Å². The summed E-state index contributed by atoms with van der Waals surface area (Å²) >= 11 is 12.8. The number of carbonyl (C=O) groups is 1. The average molecular weight is 476 g/mol. The lowest BCUT2D eigenvalue weighted by atomic mass is 9.74. The van der Waals surface area contributed by atoms with Crippen LogP contribution in [-0.4, -0.2) is 35.4 Å². The van der Waals surface area contributed by atoms with E-state index >= 15 is 0 Å². The molecule has 0 atom stereocenters. The first-order valence-corrected chi connectivity index (χ1v) is 11.2. The number of benzene rings is 2. The highest BCUT2D eigenvalue weighted by molar-refractivity contribution is 6.33. The van der Waals surface area contributed by atoms with Crippen molar-refractivity contribution in [1.29, 1.82) is 0 Å². The first-order valence-electron chi connectivity index (χ1n) is 10.5. The molecular weight excluding hydrogens is 452 g/mol. The number of hydrogen-bond donors (Lipinski definition) is 1. The van der Waals surface area contributed by atoms with E-state index in [1.165, 1.54) is 12.1 Å². The van der Waals surface area contributed by atoms with Crippen LogP contribution in [0.1, 0.15) is 40.0 Å². The molecule has 0 bridgehead atoms. The molecular formula is C24H24Cl2FN3O2. The molecule has 1 aliphatic rings. The number of aromatic nitrogens is 2. The molecule has 2 aromatic carbocycles. The van der Waals surface area contributed by atoms with Crippen molar-refractivity contribution in [1.82, 2.24) is 15.1 Å². The third-order valence-corrected chi connectivity index (χ3v) is 6.80. The topological polar surface area (TPSA) is 56.2 Å². The molecule has 1 fully saturated rings. The maximum absolute atomic E-state index is 13.9. The van der Waals surface area contributed by atoms with Crippen LogP contribution in [0.2, 0.25) is 10.2 Å². The van der Waals surface area contributed by atoms with Gasteiger partial charge in [-0.15, -0.1) is 0 Å². The van der Waals surface area contributed by atoms with E-state index in [4.69, 9.17) is 27.9 Å². The Bertz CT molecular complexity index is 1130.